The molecular formula is C15H22BrNO. The molecule has 1 amide bonds. The van der Waals surface area contributed by atoms with E-state index in [1.165, 1.54) is 18.4 Å². The van der Waals surface area contributed by atoms with Gasteiger partial charge < -0.3 is 5.32 Å². The number of hydrogen-bond acceptors (Lipinski definition) is 1. The summed E-state index contributed by atoms with van der Waals surface area (Å²) < 4.78 is 0.973. The Balaban J connectivity index is 2.59. The Bertz CT molecular complexity index is 390. The first-order valence-corrected chi connectivity index (χ1v) is 7.55. The van der Waals surface area contributed by atoms with Gasteiger partial charge in [0.25, 0.3) is 0 Å². The van der Waals surface area contributed by atoms with E-state index in [4.69, 9.17) is 0 Å². The molecule has 2 nitrogen and oxygen atoms in total. The number of amides is 1. The number of unbranched alkanes of at least 4 members (excludes halogenated alkanes) is 2. The number of anilines is 1. The molecule has 0 saturated carbocycles. The number of rotatable bonds is 7. The van der Waals surface area contributed by atoms with Crippen LogP contribution in [-0.4, -0.2) is 5.91 Å². The van der Waals surface area contributed by atoms with Crippen LogP contribution in [0.2, 0.25) is 0 Å². The number of carbonyl (C=O) groups is 1. The lowest BCUT2D eigenvalue weighted by atomic mass is 10.1. The fraction of sp³-hybridized carbons (Fsp3) is 0.533. The summed E-state index contributed by atoms with van der Waals surface area (Å²) in [6.45, 7) is 4.28. The Labute approximate surface area is 118 Å². The van der Waals surface area contributed by atoms with Crippen LogP contribution < -0.4 is 5.32 Å². The summed E-state index contributed by atoms with van der Waals surface area (Å²) in [6.07, 6.45) is 6.09. The minimum atomic E-state index is 0.0962. The second-order valence-electron chi connectivity index (χ2n) is 4.57. The van der Waals surface area contributed by atoms with E-state index in [9.17, 15) is 4.79 Å². The maximum Gasteiger partial charge on any atom is 0.224 e. The maximum absolute atomic E-state index is 11.6. The van der Waals surface area contributed by atoms with Crippen LogP contribution in [-0.2, 0) is 11.2 Å². The topological polar surface area (TPSA) is 29.1 Å². The van der Waals surface area contributed by atoms with E-state index in [1.807, 2.05) is 6.07 Å². The average Bonchev–Trinajstić information content (AvgIpc) is 2.36. The van der Waals surface area contributed by atoms with Gasteiger partial charge in [0.05, 0.1) is 5.69 Å². The molecule has 0 saturated heterocycles. The van der Waals surface area contributed by atoms with E-state index in [2.05, 4.69) is 47.2 Å². The molecule has 1 aromatic carbocycles. The smallest absolute Gasteiger partial charge is 0.224 e. The van der Waals surface area contributed by atoms with Crippen molar-refractivity contribution in [1.29, 1.82) is 0 Å². The summed E-state index contributed by atoms with van der Waals surface area (Å²) in [5, 5.41) is 2.94. The second kappa shape index (κ2) is 8.30. The standard InChI is InChI=1S/C15H22BrNO/c1-3-5-7-12-9-10-14(13(16)11-12)17-15(18)8-6-4-2/h9-11H,3-8H2,1-2H3,(H,17,18). The summed E-state index contributed by atoms with van der Waals surface area (Å²) >= 11 is 3.52. The molecule has 0 radical (unpaired) electrons. The number of hydrogen-bond donors (Lipinski definition) is 1. The minimum Gasteiger partial charge on any atom is -0.325 e. The molecule has 0 aliphatic carbocycles. The second-order valence-corrected chi connectivity index (χ2v) is 5.42. The highest BCUT2D eigenvalue weighted by atomic mass is 79.9. The van der Waals surface area contributed by atoms with Crippen molar-refractivity contribution in [2.45, 2.75) is 52.4 Å². The van der Waals surface area contributed by atoms with E-state index in [0.29, 0.717) is 6.42 Å². The normalized spacial score (nSPS) is 10.4. The van der Waals surface area contributed by atoms with Crippen LogP contribution in [0, 0.1) is 0 Å². The highest BCUT2D eigenvalue weighted by molar-refractivity contribution is 9.10. The zero-order chi connectivity index (χ0) is 13.4. The van der Waals surface area contributed by atoms with Crippen LogP contribution in [0.4, 0.5) is 5.69 Å². The van der Waals surface area contributed by atoms with Crippen LogP contribution in [0.1, 0.15) is 51.5 Å². The molecule has 0 heterocycles. The molecule has 100 valence electrons. The Kier molecular flexibility index (Phi) is 7.02. The molecule has 0 spiro atoms. The van der Waals surface area contributed by atoms with Gasteiger partial charge in [-0.3, -0.25) is 4.79 Å². The van der Waals surface area contributed by atoms with Crippen molar-refractivity contribution in [3.05, 3.63) is 28.2 Å². The van der Waals surface area contributed by atoms with Crippen molar-refractivity contribution < 1.29 is 4.79 Å². The summed E-state index contributed by atoms with van der Waals surface area (Å²) in [4.78, 5) is 11.6. The van der Waals surface area contributed by atoms with Gasteiger partial charge in [0, 0.05) is 10.9 Å². The van der Waals surface area contributed by atoms with Gasteiger partial charge in [-0.15, -0.1) is 0 Å². The fourth-order valence-corrected chi connectivity index (χ4v) is 2.27. The largest absolute Gasteiger partial charge is 0.325 e. The predicted molar refractivity (Wildman–Crippen MR) is 80.9 cm³/mol. The Morgan fingerprint density at radius 3 is 2.56 bits per heavy atom. The number of halogens is 1. The summed E-state index contributed by atoms with van der Waals surface area (Å²) in [7, 11) is 0. The summed E-state index contributed by atoms with van der Waals surface area (Å²) in [5.41, 5.74) is 2.19. The molecule has 3 heteroatoms. The van der Waals surface area contributed by atoms with Crippen LogP contribution >= 0.6 is 15.9 Å². The number of benzene rings is 1. The van der Waals surface area contributed by atoms with Crippen LogP contribution in [0.25, 0.3) is 0 Å². The number of nitrogens with one attached hydrogen (secondary N) is 1. The lowest BCUT2D eigenvalue weighted by Gasteiger charge is -2.09. The molecule has 0 unspecified atom stereocenters. The van der Waals surface area contributed by atoms with Crippen molar-refractivity contribution in [3.8, 4) is 0 Å². The first kappa shape index (κ1) is 15.2. The van der Waals surface area contributed by atoms with Crippen LogP contribution in [0.5, 0.6) is 0 Å². The Hall–Kier alpha value is -0.830. The molecule has 0 fully saturated rings. The van der Waals surface area contributed by atoms with Crippen molar-refractivity contribution in [2.75, 3.05) is 5.32 Å². The molecule has 0 bridgehead atoms. The van der Waals surface area contributed by atoms with Gasteiger partial charge in [0.2, 0.25) is 5.91 Å². The molecule has 18 heavy (non-hydrogen) atoms. The van der Waals surface area contributed by atoms with Crippen molar-refractivity contribution in [3.63, 3.8) is 0 Å². The molecule has 0 aromatic heterocycles. The van der Waals surface area contributed by atoms with Gasteiger partial charge in [0.15, 0.2) is 0 Å². The third-order valence-electron chi connectivity index (χ3n) is 2.88. The quantitative estimate of drug-likeness (QED) is 0.760. The van der Waals surface area contributed by atoms with Crippen LogP contribution in [0.15, 0.2) is 22.7 Å². The SMILES string of the molecule is CCCCC(=O)Nc1ccc(CCCC)cc1Br. The van der Waals surface area contributed by atoms with Crippen molar-refractivity contribution >= 4 is 27.5 Å². The lowest BCUT2D eigenvalue weighted by Crippen LogP contribution is -2.11. The Morgan fingerprint density at radius 1 is 1.22 bits per heavy atom. The molecule has 1 aromatic rings. The minimum absolute atomic E-state index is 0.0962. The molecule has 1 rings (SSSR count). The van der Waals surface area contributed by atoms with Gasteiger partial charge in [0.1, 0.15) is 0 Å². The fourth-order valence-electron chi connectivity index (χ4n) is 1.75. The number of aryl methyl sites for hydroxylation is 1. The maximum atomic E-state index is 11.6. The first-order valence-electron chi connectivity index (χ1n) is 6.75. The van der Waals surface area contributed by atoms with Crippen LogP contribution in [0.3, 0.4) is 0 Å². The Morgan fingerprint density at radius 2 is 1.94 bits per heavy atom. The molecular weight excluding hydrogens is 290 g/mol. The average molecular weight is 312 g/mol. The highest BCUT2D eigenvalue weighted by Gasteiger charge is 2.05. The predicted octanol–water partition coefficient (Wildman–Crippen LogP) is 4.92. The highest BCUT2D eigenvalue weighted by Crippen LogP contribution is 2.24. The monoisotopic (exact) mass is 311 g/mol. The zero-order valence-electron chi connectivity index (χ0n) is 11.3. The molecule has 0 aliphatic rings. The van der Waals surface area contributed by atoms with Gasteiger partial charge in [-0.05, 0) is 52.9 Å². The van der Waals surface area contributed by atoms with Crippen molar-refractivity contribution in [2.24, 2.45) is 0 Å². The van der Waals surface area contributed by atoms with E-state index in [1.54, 1.807) is 0 Å². The first-order chi connectivity index (χ1) is 8.67. The zero-order valence-corrected chi connectivity index (χ0v) is 12.8. The van der Waals surface area contributed by atoms with E-state index < -0.39 is 0 Å². The summed E-state index contributed by atoms with van der Waals surface area (Å²) in [6, 6.07) is 6.18. The molecule has 0 aliphatic heterocycles. The third-order valence-corrected chi connectivity index (χ3v) is 3.54. The number of carbonyl (C=O) groups excluding carboxylic acids is 1. The van der Waals surface area contributed by atoms with Gasteiger partial charge in [-0.2, -0.15) is 0 Å². The van der Waals surface area contributed by atoms with Gasteiger partial charge in [-0.25, -0.2) is 0 Å². The van der Waals surface area contributed by atoms with Gasteiger partial charge in [-0.1, -0.05) is 32.8 Å². The third kappa shape index (κ3) is 5.21. The van der Waals surface area contributed by atoms with E-state index >= 15 is 0 Å². The molecule has 0 atom stereocenters. The summed E-state index contributed by atoms with van der Waals surface area (Å²) in [5.74, 6) is 0.0962. The van der Waals surface area contributed by atoms with E-state index in [0.717, 1.165) is 29.4 Å². The van der Waals surface area contributed by atoms with E-state index in [-0.39, 0.29) is 5.91 Å². The van der Waals surface area contributed by atoms with Crippen molar-refractivity contribution in [1.82, 2.24) is 0 Å². The lowest BCUT2D eigenvalue weighted by molar-refractivity contribution is -0.116. The molecule has 1 N–H and O–H groups in total. The van der Waals surface area contributed by atoms with Gasteiger partial charge >= 0.3 is 0 Å².